The number of benzene rings is 2. The number of anilines is 1. The van der Waals surface area contributed by atoms with Crippen molar-refractivity contribution in [2.24, 2.45) is 5.92 Å². The van der Waals surface area contributed by atoms with Crippen molar-refractivity contribution in [3.8, 4) is 0 Å². The minimum atomic E-state index is -0.331. The Morgan fingerprint density at radius 2 is 1.93 bits per heavy atom. The Morgan fingerprint density at radius 1 is 1.24 bits per heavy atom. The highest BCUT2D eigenvalue weighted by Crippen LogP contribution is 2.26. The molecular formula is C23H28ClFN2OS. The number of amides is 1. The van der Waals surface area contributed by atoms with Crippen LogP contribution in [0, 0.1) is 11.7 Å². The predicted molar refractivity (Wildman–Crippen MR) is 121 cm³/mol. The first-order chi connectivity index (χ1) is 13.9. The Balaban J connectivity index is 1.47. The van der Waals surface area contributed by atoms with E-state index >= 15 is 0 Å². The van der Waals surface area contributed by atoms with Crippen LogP contribution >= 0.6 is 23.4 Å². The molecule has 1 unspecified atom stereocenters. The van der Waals surface area contributed by atoms with Crippen molar-refractivity contribution in [3.05, 3.63) is 64.4 Å². The van der Waals surface area contributed by atoms with Crippen LogP contribution in [0.15, 0.2) is 42.5 Å². The zero-order valence-electron chi connectivity index (χ0n) is 17.0. The van der Waals surface area contributed by atoms with E-state index < -0.39 is 0 Å². The van der Waals surface area contributed by atoms with E-state index in [-0.39, 0.29) is 23.5 Å². The van der Waals surface area contributed by atoms with E-state index in [1.165, 1.54) is 36.4 Å². The molecule has 1 fully saturated rings. The van der Waals surface area contributed by atoms with E-state index in [4.69, 9.17) is 11.6 Å². The molecule has 2 aromatic carbocycles. The van der Waals surface area contributed by atoms with Crippen LogP contribution in [0.3, 0.4) is 0 Å². The van der Waals surface area contributed by atoms with Crippen molar-refractivity contribution in [2.45, 2.75) is 38.5 Å². The zero-order chi connectivity index (χ0) is 20.8. The van der Waals surface area contributed by atoms with Crippen molar-refractivity contribution >= 4 is 35.0 Å². The Hall–Kier alpha value is -1.72. The summed E-state index contributed by atoms with van der Waals surface area (Å²) in [5, 5.41) is 3.41. The molecule has 0 spiro atoms. The van der Waals surface area contributed by atoms with Crippen LogP contribution in [0.1, 0.15) is 43.9 Å². The van der Waals surface area contributed by atoms with Crippen LogP contribution in [-0.4, -0.2) is 24.7 Å². The standard InChI is InChI=1S/C23H28ClFN2OS/c1-16-10-12-27(13-11-16)19-8-6-18(7-9-19)17(2)26-23(28)15-29-14-20-21(24)4-3-5-22(20)25/h3-9,16-17H,10-15H2,1-2H3,(H,26,28). The summed E-state index contributed by atoms with van der Waals surface area (Å²) in [7, 11) is 0. The molecule has 2 aromatic rings. The van der Waals surface area contributed by atoms with E-state index in [0.29, 0.717) is 16.3 Å². The summed E-state index contributed by atoms with van der Waals surface area (Å²) in [5.41, 5.74) is 2.77. The molecule has 1 atom stereocenters. The van der Waals surface area contributed by atoms with E-state index in [9.17, 15) is 9.18 Å². The largest absolute Gasteiger partial charge is 0.372 e. The van der Waals surface area contributed by atoms with Crippen molar-refractivity contribution in [1.29, 1.82) is 0 Å². The van der Waals surface area contributed by atoms with Gasteiger partial charge in [0.05, 0.1) is 11.8 Å². The average molecular weight is 435 g/mol. The Bertz CT molecular complexity index is 802. The first-order valence-corrected chi connectivity index (χ1v) is 11.6. The minimum Gasteiger partial charge on any atom is -0.372 e. The fraction of sp³-hybridized carbons (Fsp3) is 0.435. The lowest BCUT2D eigenvalue weighted by atomic mass is 9.98. The predicted octanol–water partition coefficient (Wildman–Crippen LogP) is 5.83. The Kier molecular flexibility index (Phi) is 7.84. The van der Waals surface area contributed by atoms with Crippen molar-refractivity contribution in [3.63, 3.8) is 0 Å². The number of rotatable bonds is 7. The molecule has 6 heteroatoms. The van der Waals surface area contributed by atoms with Gasteiger partial charge < -0.3 is 10.2 Å². The third-order valence-corrected chi connectivity index (χ3v) is 6.77. The highest BCUT2D eigenvalue weighted by atomic mass is 35.5. The fourth-order valence-corrected chi connectivity index (χ4v) is 4.70. The third-order valence-electron chi connectivity index (χ3n) is 5.46. The second-order valence-electron chi connectivity index (χ2n) is 7.74. The Labute approximate surface area is 182 Å². The Morgan fingerprint density at radius 3 is 2.59 bits per heavy atom. The quantitative estimate of drug-likeness (QED) is 0.595. The monoisotopic (exact) mass is 434 g/mol. The van der Waals surface area contributed by atoms with E-state index in [1.807, 2.05) is 6.92 Å². The van der Waals surface area contributed by atoms with Gasteiger partial charge >= 0.3 is 0 Å². The van der Waals surface area contributed by atoms with Gasteiger partial charge in [-0.05, 0) is 55.5 Å². The van der Waals surface area contributed by atoms with Gasteiger partial charge in [0.15, 0.2) is 0 Å². The summed E-state index contributed by atoms with van der Waals surface area (Å²) in [6.45, 7) is 6.51. The molecule has 29 heavy (non-hydrogen) atoms. The van der Waals surface area contributed by atoms with Gasteiger partial charge in [-0.25, -0.2) is 4.39 Å². The molecule has 3 nitrogen and oxygen atoms in total. The molecule has 156 valence electrons. The lowest BCUT2D eigenvalue weighted by Gasteiger charge is -2.32. The normalized spacial score (nSPS) is 15.9. The summed E-state index contributed by atoms with van der Waals surface area (Å²) in [6.07, 6.45) is 2.48. The number of piperidine rings is 1. The van der Waals surface area contributed by atoms with E-state index in [2.05, 4.69) is 41.4 Å². The number of halogens is 2. The molecule has 0 aromatic heterocycles. The van der Waals surface area contributed by atoms with Crippen molar-refractivity contribution in [2.75, 3.05) is 23.7 Å². The summed E-state index contributed by atoms with van der Waals surface area (Å²) in [6, 6.07) is 13.0. The zero-order valence-corrected chi connectivity index (χ0v) is 18.5. The first-order valence-electron chi connectivity index (χ1n) is 10.1. The molecule has 0 aliphatic carbocycles. The summed E-state index contributed by atoms with van der Waals surface area (Å²) in [4.78, 5) is 14.7. The van der Waals surface area contributed by atoms with Gasteiger partial charge in [0, 0.05) is 35.1 Å². The third kappa shape index (κ3) is 6.13. The molecule has 1 saturated heterocycles. The maximum atomic E-state index is 13.8. The van der Waals surface area contributed by atoms with Crippen LogP contribution in [0.2, 0.25) is 5.02 Å². The van der Waals surface area contributed by atoms with Crippen LogP contribution in [0.4, 0.5) is 10.1 Å². The smallest absolute Gasteiger partial charge is 0.230 e. The van der Waals surface area contributed by atoms with Gasteiger partial charge in [0.1, 0.15) is 5.82 Å². The molecule has 1 amide bonds. The maximum Gasteiger partial charge on any atom is 0.230 e. The molecule has 1 heterocycles. The second kappa shape index (κ2) is 10.4. The lowest BCUT2D eigenvalue weighted by molar-refractivity contribution is -0.119. The maximum absolute atomic E-state index is 13.8. The number of thioether (sulfide) groups is 1. The number of carbonyl (C=O) groups is 1. The molecular weight excluding hydrogens is 407 g/mol. The highest BCUT2D eigenvalue weighted by Gasteiger charge is 2.17. The molecule has 0 bridgehead atoms. The van der Waals surface area contributed by atoms with E-state index in [0.717, 1.165) is 24.6 Å². The SMILES string of the molecule is CC1CCN(c2ccc(C(C)NC(=O)CSCc3c(F)cccc3Cl)cc2)CC1. The number of hydrogen-bond donors (Lipinski definition) is 1. The number of nitrogens with one attached hydrogen (secondary N) is 1. The summed E-state index contributed by atoms with van der Waals surface area (Å²) < 4.78 is 13.8. The molecule has 1 aliphatic heterocycles. The van der Waals surface area contributed by atoms with Gasteiger partial charge in [0.25, 0.3) is 0 Å². The van der Waals surface area contributed by atoms with Crippen LogP contribution in [0.5, 0.6) is 0 Å². The number of nitrogens with zero attached hydrogens (tertiary/aromatic N) is 1. The summed E-state index contributed by atoms with van der Waals surface area (Å²) >= 11 is 7.39. The lowest BCUT2D eigenvalue weighted by Crippen LogP contribution is -2.32. The van der Waals surface area contributed by atoms with Gasteiger partial charge in [0.2, 0.25) is 5.91 Å². The first kappa shape index (κ1) is 22.0. The van der Waals surface area contributed by atoms with Crippen LogP contribution in [0.25, 0.3) is 0 Å². The summed E-state index contributed by atoms with van der Waals surface area (Å²) in [5.74, 6) is 1.05. The topological polar surface area (TPSA) is 32.3 Å². The van der Waals surface area contributed by atoms with Crippen LogP contribution < -0.4 is 10.2 Å². The molecule has 3 rings (SSSR count). The van der Waals surface area contributed by atoms with Crippen molar-refractivity contribution < 1.29 is 9.18 Å². The molecule has 0 saturated carbocycles. The van der Waals surface area contributed by atoms with Gasteiger partial charge in [-0.2, -0.15) is 0 Å². The van der Waals surface area contributed by atoms with Crippen LogP contribution in [-0.2, 0) is 10.5 Å². The number of carbonyl (C=O) groups excluding carboxylic acids is 1. The minimum absolute atomic E-state index is 0.0657. The van der Waals surface area contributed by atoms with Gasteiger partial charge in [-0.1, -0.05) is 36.7 Å². The number of hydrogen-bond acceptors (Lipinski definition) is 3. The van der Waals surface area contributed by atoms with Gasteiger partial charge in [-0.15, -0.1) is 11.8 Å². The molecule has 1 aliphatic rings. The molecule has 1 N–H and O–H groups in total. The van der Waals surface area contributed by atoms with Gasteiger partial charge in [-0.3, -0.25) is 4.79 Å². The molecule has 0 radical (unpaired) electrons. The highest BCUT2D eigenvalue weighted by molar-refractivity contribution is 7.99. The second-order valence-corrected chi connectivity index (χ2v) is 9.14. The average Bonchev–Trinajstić information content (AvgIpc) is 2.71. The van der Waals surface area contributed by atoms with E-state index in [1.54, 1.807) is 12.1 Å². The van der Waals surface area contributed by atoms with Crippen molar-refractivity contribution in [1.82, 2.24) is 5.32 Å². The fourth-order valence-electron chi connectivity index (χ4n) is 3.52.